The summed E-state index contributed by atoms with van der Waals surface area (Å²) in [6, 6.07) is 19.1. The van der Waals surface area contributed by atoms with Crippen LogP contribution in [0.1, 0.15) is 27.4 Å². The van der Waals surface area contributed by atoms with Crippen molar-refractivity contribution in [2.24, 2.45) is 7.05 Å². The van der Waals surface area contributed by atoms with Crippen molar-refractivity contribution in [2.45, 2.75) is 20.8 Å². The van der Waals surface area contributed by atoms with Gasteiger partial charge in [0.15, 0.2) is 0 Å². The minimum absolute atomic E-state index is 0.263. The summed E-state index contributed by atoms with van der Waals surface area (Å²) in [5, 5.41) is 2.85. The van der Waals surface area contributed by atoms with Crippen molar-refractivity contribution >= 4 is 27.5 Å². The maximum absolute atomic E-state index is 13.2. The van der Waals surface area contributed by atoms with Gasteiger partial charge in [-0.2, -0.15) is 0 Å². The van der Waals surface area contributed by atoms with Crippen molar-refractivity contribution in [3.63, 3.8) is 0 Å². The molecule has 0 saturated heterocycles. The molecule has 0 spiro atoms. The zero-order valence-electron chi connectivity index (χ0n) is 17.8. The van der Waals surface area contributed by atoms with E-state index in [1.165, 1.54) is 0 Å². The molecule has 1 N–H and O–H groups in total. The second-order valence-electron chi connectivity index (χ2n) is 7.49. The fourth-order valence-corrected chi connectivity index (χ4v) is 4.14. The molecule has 0 bridgehead atoms. The Balaban J connectivity index is 1.71. The number of aryl methyl sites for hydroxylation is 1. The summed E-state index contributed by atoms with van der Waals surface area (Å²) in [4.78, 5) is 26.3. The zero-order valence-corrected chi connectivity index (χ0v) is 19.4. The smallest absolute Gasteiger partial charge is 0.295 e. The molecule has 4 rings (SSSR count). The molecule has 6 nitrogen and oxygen atoms in total. The van der Waals surface area contributed by atoms with Crippen LogP contribution < -0.4 is 10.9 Å². The van der Waals surface area contributed by atoms with E-state index in [9.17, 15) is 9.59 Å². The molecule has 0 saturated carbocycles. The Morgan fingerprint density at radius 1 is 0.903 bits per heavy atom. The molecular weight excluding hydrogens is 456 g/mol. The number of nitrogens with one attached hydrogen (secondary N) is 1. The Labute approximate surface area is 188 Å². The highest BCUT2D eigenvalue weighted by Crippen LogP contribution is 2.23. The van der Waals surface area contributed by atoms with Crippen LogP contribution in [0.25, 0.3) is 11.4 Å². The lowest BCUT2D eigenvalue weighted by atomic mass is 10.2. The van der Waals surface area contributed by atoms with Crippen LogP contribution in [0.2, 0.25) is 0 Å². The van der Waals surface area contributed by atoms with Gasteiger partial charge in [-0.3, -0.25) is 14.3 Å². The van der Waals surface area contributed by atoms with Crippen LogP contribution in [0.5, 0.6) is 0 Å². The minimum atomic E-state index is -0.303. The second-order valence-corrected chi connectivity index (χ2v) is 8.40. The molecule has 0 aliphatic carbocycles. The fourth-order valence-electron chi connectivity index (χ4n) is 3.87. The lowest BCUT2D eigenvalue weighted by molar-refractivity contribution is 0.102. The third-order valence-electron chi connectivity index (χ3n) is 5.55. The maximum atomic E-state index is 13.2. The summed E-state index contributed by atoms with van der Waals surface area (Å²) >= 11 is 3.45. The minimum Gasteiger partial charge on any atom is -0.318 e. The van der Waals surface area contributed by atoms with E-state index >= 15 is 0 Å². The quantitative estimate of drug-likeness (QED) is 0.453. The van der Waals surface area contributed by atoms with E-state index in [1.807, 2.05) is 86.0 Å². The number of aromatic nitrogens is 3. The highest BCUT2D eigenvalue weighted by molar-refractivity contribution is 9.10. The monoisotopic (exact) mass is 478 g/mol. The molecule has 0 atom stereocenters. The average molecular weight is 479 g/mol. The second kappa shape index (κ2) is 8.07. The number of anilines is 1. The van der Waals surface area contributed by atoms with Gasteiger partial charge in [-0.1, -0.05) is 34.1 Å². The molecule has 31 heavy (non-hydrogen) atoms. The molecule has 4 aromatic rings. The molecule has 2 aromatic carbocycles. The van der Waals surface area contributed by atoms with Gasteiger partial charge >= 0.3 is 0 Å². The van der Waals surface area contributed by atoms with Gasteiger partial charge in [0.2, 0.25) is 0 Å². The van der Waals surface area contributed by atoms with Crippen molar-refractivity contribution in [3.05, 3.63) is 98.1 Å². The van der Waals surface area contributed by atoms with Gasteiger partial charge in [0.1, 0.15) is 5.69 Å². The molecule has 2 aromatic heterocycles. The van der Waals surface area contributed by atoms with Gasteiger partial charge in [0.05, 0.1) is 16.9 Å². The number of amides is 1. The van der Waals surface area contributed by atoms with Gasteiger partial charge < -0.3 is 9.88 Å². The molecule has 0 fully saturated rings. The lowest BCUT2D eigenvalue weighted by Crippen LogP contribution is -2.23. The highest BCUT2D eigenvalue weighted by atomic mass is 79.9. The van der Waals surface area contributed by atoms with Gasteiger partial charge in [-0.15, -0.1) is 0 Å². The van der Waals surface area contributed by atoms with E-state index < -0.39 is 0 Å². The zero-order chi connectivity index (χ0) is 22.3. The number of hydrogen-bond acceptors (Lipinski definition) is 2. The summed E-state index contributed by atoms with van der Waals surface area (Å²) in [6.07, 6.45) is 0. The first-order valence-electron chi connectivity index (χ1n) is 9.90. The summed E-state index contributed by atoms with van der Waals surface area (Å²) in [6.45, 7) is 5.69. The molecular formula is C24H23BrN4O2. The van der Waals surface area contributed by atoms with Gasteiger partial charge in [0, 0.05) is 28.6 Å². The number of rotatable bonds is 4. The number of benzene rings is 2. The number of halogens is 1. The average Bonchev–Trinajstić information content (AvgIpc) is 3.17. The number of para-hydroxylation sites is 1. The van der Waals surface area contributed by atoms with Crippen molar-refractivity contribution in [2.75, 3.05) is 5.32 Å². The third-order valence-corrected chi connectivity index (χ3v) is 6.08. The third kappa shape index (κ3) is 3.65. The molecule has 158 valence electrons. The first-order chi connectivity index (χ1) is 14.8. The summed E-state index contributed by atoms with van der Waals surface area (Å²) < 4.78 is 6.32. The van der Waals surface area contributed by atoms with Gasteiger partial charge in [-0.05, 0) is 63.2 Å². The summed E-state index contributed by atoms with van der Waals surface area (Å²) in [5.74, 6) is -0.303. The van der Waals surface area contributed by atoms with E-state index in [4.69, 9.17) is 0 Å². The Kier molecular flexibility index (Phi) is 5.45. The summed E-state index contributed by atoms with van der Waals surface area (Å²) in [7, 11) is 1.80. The normalized spacial score (nSPS) is 11.0. The number of carbonyl (C=O) groups is 1. The number of carbonyl (C=O) groups excluding carboxylic acids is 1. The molecule has 0 aliphatic rings. The van der Waals surface area contributed by atoms with Gasteiger partial charge in [-0.25, -0.2) is 4.68 Å². The maximum Gasteiger partial charge on any atom is 0.295 e. The first kappa shape index (κ1) is 20.9. The van der Waals surface area contributed by atoms with E-state index in [0.29, 0.717) is 11.3 Å². The SMILES string of the molecule is Cc1cc(C(=O)Nc2c(C)n(C)n(-c3ccccc3)c2=O)c(C)n1-c1ccc(Br)cc1. The summed E-state index contributed by atoms with van der Waals surface area (Å²) in [5.41, 5.74) is 4.71. The van der Waals surface area contributed by atoms with Crippen LogP contribution >= 0.6 is 15.9 Å². The van der Waals surface area contributed by atoms with E-state index in [-0.39, 0.29) is 17.2 Å². The van der Waals surface area contributed by atoms with E-state index in [0.717, 1.165) is 27.2 Å². The lowest BCUT2D eigenvalue weighted by Gasteiger charge is -2.10. The molecule has 1 amide bonds. The Bertz CT molecular complexity index is 1330. The fraction of sp³-hybridized carbons (Fsp3) is 0.167. The van der Waals surface area contributed by atoms with Crippen LogP contribution in [-0.4, -0.2) is 19.8 Å². The Morgan fingerprint density at radius 2 is 1.55 bits per heavy atom. The Morgan fingerprint density at radius 3 is 2.19 bits per heavy atom. The van der Waals surface area contributed by atoms with Crippen LogP contribution in [-0.2, 0) is 7.05 Å². The molecule has 0 unspecified atom stereocenters. The Hall–Kier alpha value is -3.32. The number of hydrogen-bond donors (Lipinski definition) is 1. The predicted octanol–water partition coefficient (Wildman–Crippen LogP) is 4.91. The predicted molar refractivity (Wildman–Crippen MR) is 127 cm³/mol. The van der Waals surface area contributed by atoms with Gasteiger partial charge in [0.25, 0.3) is 11.5 Å². The van der Waals surface area contributed by atoms with Crippen LogP contribution in [0, 0.1) is 20.8 Å². The van der Waals surface area contributed by atoms with E-state index in [1.54, 1.807) is 16.4 Å². The largest absolute Gasteiger partial charge is 0.318 e. The number of nitrogens with zero attached hydrogens (tertiary/aromatic N) is 3. The van der Waals surface area contributed by atoms with Crippen molar-refractivity contribution in [1.29, 1.82) is 0 Å². The molecule has 2 heterocycles. The van der Waals surface area contributed by atoms with Crippen molar-refractivity contribution in [3.8, 4) is 11.4 Å². The highest BCUT2D eigenvalue weighted by Gasteiger charge is 2.22. The van der Waals surface area contributed by atoms with Crippen LogP contribution in [0.15, 0.2) is 69.9 Å². The molecule has 0 radical (unpaired) electrons. The van der Waals surface area contributed by atoms with Crippen LogP contribution in [0.4, 0.5) is 5.69 Å². The molecule has 0 aliphatic heterocycles. The van der Waals surface area contributed by atoms with Crippen molar-refractivity contribution in [1.82, 2.24) is 13.9 Å². The first-order valence-corrected chi connectivity index (χ1v) is 10.7. The molecule has 7 heteroatoms. The van der Waals surface area contributed by atoms with Crippen molar-refractivity contribution < 1.29 is 4.79 Å². The topological polar surface area (TPSA) is 61.0 Å². The van der Waals surface area contributed by atoms with Crippen LogP contribution in [0.3, 0.4) is 0 Å². The van der Waals surface area contributed by atoms with E-state index in [2.05, 4.69) is 21.2 Å². The standard InChI is InChI=1S/C24H23BrN4O2/c1-15-14-21(16(2)28(15)19-12-10-18(25)11-13-19)23(30)26-22-17(3)27(4)29(24(22)31)20-8-6-5-7-9-20/h5-14H,1-4H3,(H,26,30).